The maximum absolute atomic E-state index is 13.9. The minimum absolute atomic E-state index is 0.103. The Morgan fingerprint density at radius 2 is 1.72 bits per heavy atom. The number of alkyl halides is 3. The fourth-order valence-electron chi connectivity index (χ4n) is 4.22. The molecule has 36 heavy (non-hydrogen) atoms. The Kier molecular flexibility index (Phi) is 7.68. The Labute approximate surface area is 203 Å². The molecule has 1 atom stereocenters. The van der Waals surface area contributed by atoms with Gasteiger partial charge in [0.2, 0.25) is 5.91 Å². The fourth-order valence-corrected chi connectivity index (χ4v) is 4.22. The molecule has 194 valence electrons. The number of likely N-dealkylation sites (N-methyl/N-ethyl adjacent to an activating group) is 1. The molecule has 0 radical (unpaired) electrons. The Bertz CT molecular complexity index is 1170. The van der Waals surface area contributed by atoms with Gasteiger partial charge >= 0.3 is 12.1 Å². The first-order valence-electron chi connectivity index (χ1n) is 10.9. The van der Waals surface area contributed by atoms with E-state index in [2.05, 4.69) is 0 Å². The third kappa shape index (κ3) is 5.81. The van der Waals surface area contributed by atoms with Crippen molar-refractivity contribution in [3.8, 4) is 0 Å². The average Bonchev–Trinajstić information content (AvgIpc) is 3.23. The van der Waals surface area contributed by atoms with Crippen molar-refractivity contribution in [3.05, 3.63) is 65.2 Å². The first-order valence-corrected chi connectivity index (χ1v) is 10.9. The van der Waals surface area contributed by atoms with Crippen LogP contribution in [0.15, 0.2) is 42.5 Å². The number of carboxylic acid groups (broad SMARTS) is 1. The summed E-state index contributed by atoms with van der Waals surface area (Å²) >= 11 is 0. The molecular formula is C24H24F5N3O4. The summed E-state index contributed by atoms with van der Waals surface area (Å²) < 4.78 is 59.3. The standard InChI is InChI=1S/C22H23F2N3O2.C2HF3O2/c1-15-6-7-16(10-19(15)24)21(29)26-9-8-22(13-26)14-27(20(28)12-25(22)2)18-5-3-4-17(23)11-18;3-2(4,5)1(6)7/h3-7,10-11H,8-9,12-14H2,1-2H3;(H,6,7). The minimum Gasteiger partial charge on any atom is -0.475 e. The van der Waals surface area contributed by atoms with Crippen LogP contribution in [0.2, 0.25) is 0 Å². The normalized spacial score (nSPS) is 20.4. The third-order valence-electron chi connectivity index (χ3n) is 6.34. The van der Waals surface area contributed by atoms with Crippen molar-refractivity contribution in [1.29, 1.82) is 0 Å². The van der Waals surface area contributed by atoms with E-state index >= 15 is 0 Å². The molecule has 2 aromatic rings. The van der Waals surface area contributed by atoms with Gasteiger partial charge in [-0.3, -0.25) is 14.5 Å². The fraction of sp³-hybridized carbons (Fsp3) is 0.375. The number of hydrogen-bond acceptors (Lipinski definition) is 4. The summed E-state index contributed by atoms with van der Waals surface area (Å²) in [6, 6.07) is 10.5. The number of amides is 2. The zero-order chi connectivity index (χ0) is 26.8. The zero-order valence-electron chi connectivity index (χ0n) is 19.5. The number of likely N-dealkylation sites (tertiary alicyclic amines) is 1. The van der Waals surface area contributed by atoms with E-state index < -0.39 is 29.3 Å². The van der Waals surface area contributed by atoms with Crippen LogP contribution in [0.4, 0.5) is 27.6 Å². The number of benzene rings is 2. The highest BCUT2D eigenvalue weighted by Crippen LogP contribution is 2.34. The quantitative estimate of drug-likeness (QED) is 0.623. The smallest absolute Gasteiger partial charge is 0.475 e. The summed E-state index contributed by atoms with van der Waals surface area (Å²) in [6.07, 6.45) is -4.40. The predicted octanol–water partition coefficient (Wildman–Crippen LogP) is 3.47. The van der Waals surface area contributed by atoms with Crippen LogP contribution >= 0.6 is 0 Å². The molecule has 4 rings (SSSR count). The van der Waals surface area contributed by atoms with Crippen molar-refractivity contribution in [3.63, 3.8) is 0 Å². The number of carbonyl (C=O) groups is 3. The van der Waals surface area contributed by atoms with E-state index in [1.807, 2.05) is 11.9 Å². The van der Waals surface area contributed by atoms with Gasteiger partial charge in [-0.1, -0.05) is 12.1 Å². The molecular weight excluding hydrogens is 489 g/mol. The molecule has 0 saturated carbocycles. The van der Waals surface area contributed by atoms with Crippen LogP contribution < -0.4 is 4.90 Å². The lowest BCUT2D eigenvalue weighted by molar-refractivity contribution is -0.192. The maximum atomic E-state index is 13.9. The summed E-state index contributed by atoms with van der Waals surface area (Å²) in [7, 11) is 1.88. The number of halogens is 5. The molecule has 2 amide bonds. The Hall–Kier alpha value is -3.54. The van der Waals surface area contributed by atoms with Crippen LogP contribution in [0, 0.1) is 18.6 Å². The lowest BCUT2D eigenvalue weighted by Crippen LogP contribution is -2.64. The van der Waals surface area contributed by atoms with Gasteiger partial charge in [0.15, 0.2) is 0 Å². The van der Waals surface area contributed by atoms with Gasteiger partial charge in [-0.15, -0.1) is 0 Å². The number of aliphatic carboxylic acids is 1. The summed E-state index contributed by atoms with van der Waals surface area (Å²) in [5.74, 6) is -3.87. The van der Waals surface area contributed by atoms with Crippen LogP contribution in [-0.2, 0) is 9.59 Å². The molecule has 0 aromatic heterocycles. The molecule has 1 unspecified atom stereocenters. The number of aryl methyl sites for hydroxylation is 1. The highest BCUT2D eigenvalue weighted by atomic mass is 19.4. The lowest BCUT2D eigenvalue weighted by Gasteiger charge is -2.46. The zero-order valence-corrected chi connectivity index (χ0v) is 19.5. The van der Waals surface area contributed by atoms with Crippen LogP contribution in [0.1, 0.15) is 22.3 Å². The highest BCUT2D eigenvalue weighted by molar-refractivity contribution is 5.97. The van der Waals surface area contributed by atoms with Gasteiger partial charge in [0.05, 0.1) is 12.1 Å². The molecule has 2 aliphatic rings. The summed E-state index contributed by atoms with van der Waals surface area (Å²) in [5.41, 5.74) is 0.921. The SMILES string of the molecule is Cc1ccc(C(=O)N2CCC3(C2)CN(c2cccc(F)c2)C(=O)CN3C)cc1F.O=C(O)C(F)(F)F. The van der Waals surface area contributed by atoms with Crippen LogP contribution in [0.25, 0.3) is 0 Å². The Balaban J connectivity index is 0.000000454. The molecule has 0 bridgehead atoms. The van der Waals surface area contributed by atoms with E-state index in [1.54, 1.807) is 41.0 Å². The first kappa shape index (κ1) is 27.1. The van der Waals surface area contributed by atoms with Crippen molar-refractivity contribution < 1.29 is 41.4 Å². The van der Waals surface area contributed by atoms with Crippen LogP contribution in [0.5, 0.6) is 0 Å². The van der Waals surface area contributed by atoms with E-state index in [9.17, 15) is 31.5 Å². The highest BCUT2D eigenvalue weighted by Gasteiger charge is 2.48. The monoisotopic (exact) mass is 513 g/mol. The van der Waals surface area contributed by atoms with Crippen molar-refractivity contribution in [2.45, 2.75) is 25.1 Å². The van der Waals surface area contributed by atoms with Crippen LogP contribution in [-0.4, -0.2) is 77.6 Å². The maximum Gasteiger partial charge on any atom is 0.490 e. The first-order chi connectivity index (χ1) is 16.7. The number of carboxylic acids is 1. The molecule has 2 saturated heterocycles. The number of nitrogens with zero attached hydrogens (tertiary/aromatic N) is 3. The second-order valence-electron chi connectivity index (χ2n) is 8.78. The number of hydrogen-bond donors (Lipinski definition) is 1. The van der Waals surface area contributed by atoms with E-state index in [1.165, 1.54) is 18.2 Å². The van der Waals surface area contributed by atoms with Gasteiger partial charge < -0.3 is 14.9 Å². The number of rotatable bonds is 2. The molecule has 2 aromatic carbocycles. The van der Waals surface area contributed by atoms with E-state index in [-0.39, 0.29) is 18.4 Å². The lowest BCUT2D eigenvalue weighted by atomic mass is 9.92. The molecule has 7 nitrogen and oxygen atoms in total. The molecule has 1 N–H and O–H groups in total. The van der Waals surface area contributed by atoms with Gasteiger partial charge in [-0.05, 0) is 56.3 Å². The van der Waals surface area contributed by atoms with E-state index in [0.717, 1.165) is 0 Å². The minimum atomic E-state index is -5.08. The molecule has 2 heterocycles. The van der Waals surface area contributed by atoms with Gasteiger partial charge in [0, 0.05) is 30.9 Å². The van der Waals surface area contributed by atoms with Gasteiger partial charge in [0.1, 0.15) is 11.6 Å². The average molecular weight is 513 g/mol. The Morgan fingerprint density at radius 3 is 2.31 bits per heavy atom. The van der Waals surface area contributed by atoms with E-state index in [4.69, 9.17) is 9.90 Å². The van der Waals surface area contributed by atoms with Gasteiger partial charge in [-0.2, -0.15) is 13.2 Å². The molecule has 12 heteroatoms. The molecule has 2 fully saturated rings. The second-order valence-corrected chi connectivity index (χ2v) is 8.78. The number of piperazine rings is 1. The number of carbonyl (C=O) groups excluding carboxylic acids is 2. The van der Waals surface area contributed by atoms with E-state index in [0.29, 0.717) is 42.9 Å². The largest absolute Gasteiger partial charge is 0.490 e. The van der Waals surface area contributed by atoms with Gasteiger partial charge in [-0.25, -0.2) is 13.6 Å². The summed E-state index contributed by atoms with van der Waals surface area (Å²) in [5, 5.41) is 7.12. The topological polar surface area (TPSA) is 81.2 Å². The van der Waals surface area contributed by atoms with Gasteiger partial charge in [0.25, 0.3) is 5.91 Å². The molecule has 1 spiro atoms. The van der Waals surface area contributed by atoms with Crippen molar-refractivity contribution >= 4 is 23.5 Å². The number of anilines is 1. The van der Waals surface area contributed by atoms with Crippen molar-refractivity contribution in [1.82, 2.24) is 9.80 Å². The summed E-state index contributed by atoms with van der Waals surface area (Å²) in [6.45, 7) is 3.17. The van der Waals surface area contributed by atoms with Crippen LogP contribution in [0.3, 0.4) is 0 Å². The summed E-state index contributed by atoms with van der Waals surface area (Å²) in [4.78, 5) is 39.7. The predicted molar refractivity (Wildman–Crippen MR) is 119 cm³/mol. The molecule has 2 aliphatic heterocycles. The molecule has 0 aliphatic carbocycles. The van der Waals surface area contributed by atoms with Crippen molar-refractivity contribution in [2.24, 2.45) is 0 Å². The second kappa shape index (κ2) is 10.2. The Morgan fingerprint density at radius 1 is 1.06 bits per heavy atom. The third-order valence-corrected chi connectivity index (χ3v) is 6.34. The van der Waals surface area contributed by atoms with Crippen molar-refractivity contribution in [2.75, 3.05) is 38.1 Å².